The largest absolute Gasteiger partial charge is 0.493 e. The summed E-state index contributed by atoms with van der Waals surface area (Å²) >= 11 is 6.26. The molecule has 0 bridgehead atoms. The molecule has 0 amide bonds. The van der Waals surface area contributed by atoms with E-state index in [0.29, 0.717) is 5.92 Å². The molecule has 0 saturated heterocycles. The van der Waals surface area contributed by atoms with E-state index in [0.717, 1.165) is 35.9 Å². The fraction of sp³-hybridized carbons (Fsp3) is 0.333. The highest BCUT2D eigenvalue weighted by Crippen LogP contribution is 2.33. The molecule has 3 heteroatoms. The van der Waals surface area contributed by atoms with Gasteiger partial charge in [-0.2, -0.15) is 0 Å². The first-order valence-electron chi connectivity index (χ1n) is 7.45. The van der Waals surface area contributed by atoms with Crippen molar-refractivity contribution in [1.82, 2.24) is 5.32 Å². The summed E-state index contributed by atoms with van der Waals surface area (Å²) < 4.78 is 5.72. The zero-order valence-corrected chi connectivity index (χ0v) is 12.9. The summed E-state index contributed by atoms with van der Waals surface area (Å²) in [7, 11) is 0. The number of hydrogen-bond acceptors (Lipinski definition) is 2. The Hall–Kier alpha value is -1.51. The minimum atomic E-state index is 0.244. The van der Waals surface area contributed by atoms with Crippen LogP contribution in [0, 0.1) is 0 Å². The summed E-state index contributed by atoms with van der Waals surface area (Å²) in [5.74, 6) is 1.53. The molecule has 2 aromatic rings. The maximum atomic E-state index is 6.26. The number of benzene rings is 2. The van der Waals surface area contributed by atoms with Crippen molar-refractivity contribution >= 4 is 11.6 Å². The van der Waals surface area contributed by atoms with Crippen LogP contribution in [0.3, 0.4) is 0 Å². The average molecular weight is 302 g/mol. The third-order valence-corrected chi connectivity index (χ3v) is 4.47. The fourth-order valence-corrected chi connectivity index (χ4v) is 3.18. The van der Waals surface area contributed by atoms with Crippen molar-refractivity contribution in [2.24, 2.45) is 0 Å². The molecule has 0 saturated carbocycles. The van der Waals surface area contributed by atoms with Gasteiger partial charge in [0.2, 0.25) is 0 Å². The minimum Gasteiger partial charge on any atom is -0.493 e. The topological polar surface area (TPSA) is 21.3 Å². The van der Waals surface area contributed by atoms with Crippen molar-refractivity contribution < 1.29 is 4.74 Å². The zero-order chi connectivity index (χ0) is 14.7. The lowest BCUT2D eigenvalue weighted by atomic mass is 9.92. The van der Waals surface area contributed by atoms with Gasteiger partial charge in [0.05, 0.1) is 6.61 Å². The summed E-state index contributed by atoms with van der Waals surface area (Å²) in [6, 6.07) is 16.6. The molecule has 2 atom stereocenters. The minimum absolute atomic E-state index is 0.244. The predicted octanol–water partition coefficient (Wildman–Crippen LogP) is 4.56. The third kappa shape index (κ3) is 3.22. The number of para-hydroxylation sites is 1. The molecule has 0 spiro atoms. The molecule has 2 unspecified atom stereocenters. The third-order valence-electron chi connectivity index (χ3n) is 4.12. The van der Waals surface area contributed by atoms with Gasteiger partial charge >= 0.3 is 0 Å². The second kappa shape index (κ2) is 6.50. The van der Waals surface area contributed by atoms with Gasteiger partial charge < -0.3 is 10.1 Å². The summed E-state index contributed by atoms with van der Waals surface area (Å²) in [4.78, 5) is 0. The molecular weight excluding hydrogens is 282 g/mol. The molecule has 1 aliphatic rings. The Morgan fingerprint density at radius 3 is 2.81 bits per heavy atom. The Bertz CT molecular complexity index is 614. The number of hydrogen-bond donors (Lipinski definition) is 1. The van der Waals surface area contributed by atoms with Crippen LogP contribution >= 0.6 is 11.6 Å². The quantitative estimate of drug-likeness (QED) is 0.894. The number of halogens is 1. The van der Waals surface area contributed by atoms with Gasteiger partial charge in [-0.25, -0.2) is 0 Å². The van der Waals surface area contributed by atoms with E-state index in [2.05, 4.69) is 36.5 Å². The van der Waals surface area contributed by atoms with Gasteiger partial charge in [-0.3, -0.25) is 0 Å². The molecule has 2 aromatic carbocycles. The second-order valence-electron chi connectivity index (χ2n) is 5.52. The summed E-state index contributed by atoms with van der Waals surface area (Å²) in [5.41, 5.74) is 2.46. The van der Waals surface area contributed by atoms with Crippen molar-refractivity contribution in [3.63, 3.8) is 0 Å². The van der Waals surface area contributed by atoms with Gasteiger partial charge in [0, 0.05) is 23.5 Å². The Morgan fingerprint density at radius 2 is 1.95 bits per heavy atom. The first kappa shape index (κ1) is 14.4. The maximum absolute atomic E-state index is 6.26. The normalized spacial score (nSPS) is 18.7. The van der Waals surface area contributed by atoms with Gasteiger partial charge in [-0.05, 0) is 36.6 Å². The van der Waals surface area contributed by atoms with E-state index in [-0.39, 0.29) is 6.04 Å². The van der Waals surface area contributed by atoms with Gasteiger partial charge in [-0.1, -0.05) is 48.0 Å². The van der Waals surface area contributed by atoms with Crippen LogP contribution in [-0.2, 0) is 0 Å². The molecule has 3 rings (SSSR count). The lowest BCUT2D eigenvalue weighted by molar-refractivity contribution is 0.263. The summed E-state index contributed by atoms with van der Waals surface area (Å²) in [6.45, 7) is 3.89. The Kier molecular flexibility index (Phi) is 4.47. The van der Waals surface area contributed by atoms with Gasteiger partial charge in [0.15, 0.2) is 0 Å². The molecule has 110 valence electrons. The Morgan fingerprint density at radius 1 is 1.19 bits per heavy atom. The number of rotatable bonds is 4. The average Bonchev–Trinajstić information content (AvgIpc) is 2.53. The van der Waals surface area contributed by atoms with E-state index in [1.165, 1.54) is 5.56 Å². The molecule has 1 aliphatic heterocycles. The van der Waals surface area contributed by atoms with Crippen molar-refractivity contribution in [1.29, 1.82) is 0 Å². The maximum Gasteiger partial charge on any atom is 0.122 e. The molecule has 1 heterocycles. The van der Waals surface area contributed by atoms with E-state index < -0.39 is 0 Å². The van der Waals surface area contributed by atoms with Crippen LogP contribution in [0.1, 0.15) is 36.4 Å². The highest BCUT2D eigenvalue weighted by molar-refractivity contribution is 6.31. The van der Waals surface area contributed by atoms with Crippen molar-refractivity contribution in [3.05, 3.63) is 64.7 Å². The van der Waals surface area contributed by atoms with Gasteiger partial charge in [-0.15, -0.1) is 0 Å². The lowest BCUT2D eigenvalue weighted by Gasteiger charge is -2.27. The highest BCUT2D eigenvalue weighted by Gasteiger charge is 2.21. The monoisotopic (exact) mass is 301 g/mol. The molecule has 0 aliphatic carbocycles. The molecule has 21 heavy (non-hydrogen) atoms. The molecule has 0 aromatic heterocycles. The number of fused-ring (bicyclic) bond motifs is 1. The van der Waals surface area contributed by atoms with Crippen molar-refractivity contribution in [2.45, 2.75) is 25.3 Å². The number of nitrogens with one attached hydrogen (secondary N) is 1. The van der Waals surface area contributed by atoms with Crippen molar-refractivity contribution in [2.75, 3.05) is 13.2 Å². The lowest BCUT2D eigenvalue weighted by Crippen LogP contribution is -2.28. The Labute approximate surface area is 131 Å². The first-order valence-corrected chi connectivity index (χ1v) is 7.83. The number of ether oxygens (including phenoxy) is 1. The summed E-state index contributed by atoms with van der Waals surface area (Å²) in [5, 5.41) is 4.43. The van der Waals surface area contributed by atoms with Crippen molar-refractivity contribution in [3.8, 4) is 5.75 Å². The van der Waals surface area contributed by atoms with E-state index in [4.69, 9.17) is 16.3 Å². The van der Waals surface area contributed by atoms with Crippen LogP contribution in [-0.4, -0.2) is 13.2 Å². The smallest absolute Gasteiger partial charge is 0.122 e. The zero-order valence-electron chi connectivity index (χ0n) is 12.2. The first-order chi connectivity index (χ1) is 10.3. The van der Waals surface area contributed by atoms with E-state index in [1.54, 1.807) is 0 Å². The molecular formula is C18H20ClNO. The summed E-state index contributed by atoms with van der Waals surface area (Å²) in [6.07, 6.45) is 1.05. The van der Waals surface area contributed by atoms with Crippen LogP contribution in [0.2, 0.25) is 5.02 Å². The van der Waals surface area contributed by atoms with Gasteiger partial charge in [0.1, 0.15) is 5.75 Å². The van der Waals surface area contributed by atoms with Gasteiger partial charge in [0.25, 0.3) is 0 Å². The van der Waals surface area contributed by atoms with Crippen LogP contribution < -0.4 is 10.1 Å². The SMILES string of the molecule is CC(NCC1CCOc2ccccc21)c1ccccc1Cl. The standard InChI is InChI=1S/C18H20ClNO/c1-13(15-6-2-4-8-17(15)19)20-12-14-10-11-21-18-9-5-3-7-16(14)18/h2-9,13-14,20H,10-12H2,1H3. The highest BCUT2D eigenvalue weighted by atomic mass is 35.5. The van der Waals surface area contributed by atoms with Crippen LogP contribution in [0.5, 0.6) is 5.75 Å². The van der Waals surface area contributed by atoms with E-state index in [1.807, 2.05) is 24.3 Å². The fourth-order valence-electron chi connectivity index (χ4n) is 2.88. The second-order valence-corrected chi connectivity index (χ2v) is 5.93. The van der Waals surface area contributed by atoms with E-state index in [9.17, 15) is 0 Å². The predicted molar refractivity (Wildman–Crippen MR) is 87.2 cm³/mol. The molecule has 0 radical (unpaired) electrons. The molecule has 1 N–H and O–H groups in total. The van der Waals surface area contributed by atoms with Crippen LogP contribution in [0.25, 0.3) is 0 Å². The molecule has 0 fully saturated rings. The molecule has 2 nitrogen and oxygen atoms in total. The van der Waals surface area contributed by atoms with Crippen LogP contribution in [0.15, 0.2) is 48.5 Å². The van der Waals surface area contributed by atoms with E-state index >= 15 is 0 Å². The van der Waals surface area contributed by atoms with Crippen LogP contribution in [0.4, 0.5) is 0 Å². The Balaban J connectivity index is 1.67.